The van der Waals surface area contributed by atoms with E-state index in [1.807, 2.05) is 18.2 Å². The number of aryl methyl sites for hydroxylation is 2. The molecule has 5 rings (SSSR count). The number of pyridine rings is 1. The Morgan fingerprint density at radius 1 is 0.629 bits per heavy atom. The number of hydrogen-bond donors (Lipinski definition) is 0. The highest BCUT2D eigenvalue weighted by atomic mass is 19.1. The molecule has 0 atom stereocenters. The molecule has 1 nitrogen and oxygen atoms in total. The molecule has 5 aromatic rings. The van der Waals surface area contributed by atoms with Gasteiger partial charge in [-0.25, -0.2) is 9.37 Å². The quantitative estimate of drug-likeness (QED) is 0.248. The zero-order valence-corrected chi connectivity index (χ0v) is 20.1. The van der Waals surface area contributed by atoms with Crippen molar-refractivity contribution in [3.8, 4) is 33.6 Å². The van der Waals surface area contributed by atoms with Crippen LogP contribution in [0.4, 0.5) is 4.39 Å². The first-order chi connectivity index (χ1) is 17.1. The van der Waals surface area contributed by atoms with Crippen molar-refractivity contribution in [1.29, 1.82) is 0 Å². The Morgan fingerprint density at radius 2 is 1.23 bits per heavy atom. The van der Waals surface area contributed by atoms with Crippen molar-refractivity contribution in [3.05, 3.63) is 137 Å². The summed E-state index contributed by atoms with van der Waals surface area (Å²) in [6, 6.07) is 36.6. The molecule has 0 saturated heterocycles. The van der Waals surface area contributed by atoms with Gasteiger partial charge in [-0.1, -0.05) is 91.3 Å². The molecule has 0 aliphatic heterocycles. The molecule has 0 radical (unpaired) electrons. The number of benzene rings is 4. The second kappa shape index (κ2) is 10.1. The van der Waals surface area contributed by atoms with E-state index in [9.17, 15) is 4.39 Å². The number of rotatable bonds is 6. The molecule has 0 spiro atoms. The lowest BCUT2D eigenvalue weighted by atomic mass is 9.91. The lowest BCUT2D eigenvalue weighted by molar-refractivity contribution is 0.628. The monoisotopic (exact) mass is 457 g/mol. The summed E-state index contributed by atoms with van der Waals surface area (Å²) < 4.78 is 13.8. The number of aromatic nitrogens is 1. The molecule has 0 unspecified atom stereocenters. The second-order valence-corrected chi connectivity index (χ2v) is 8.98. The zero-order valence-electron chi connectivity index (χ0n) is 20.1. The fraction of sp³-hybridized carbons (Fsp3) is 0.121. The van der Waals surface area contributed by atoms with E-state index in [1.54, 1.807) is 0 Å². The van der Waals surface area contributed by atoms with Crippen molar-refractivity contribution in [2.75, 3.05) is 0 Å². The summed E-state index contributed by atoms with van der Waals surface area (Å²) in [7, 11) is 0. The van der Waals surface area contributed by atoms with Gasteiger partial charge in [0.05, 0.1) is 11.4 Å². The van der Waals surface area contributed by atoms with E-state index in [1.165, 1.54) is 28.8 Å². The summed E-state index contributed by atoms with van der Waals surface area (Å²) >= 11 is 0. The molecule has 1 aromatic heterocycles. The Balaban J connectivity index is 1.75. The lowest BCUT2D eigenvalue weighted by Gasteiger charge is -2.17. The highest BCUT2D eigenvalue weighted by Gasteiger charge is 2.17. The van der Waals surface area contributed by atoms with E-state index in [-0.39, 0.29) is 5.82 Å². The molecule has 0 N–H and O–H groups in total. The third-order valence-electron chi connectivity index (χ3n) is 6.45. The Kier molecular flexibility index (Phi) is 6.54. The van der Waals surface area contributed by atoms with Crippen LogP contribution in [-0.4, -0.2) is 4.98 Å². The van der Waals surface area contributed by atoms with Crippen LogP contribution in [0.25, 0.3) is 33.6 Å². The maximum atomic E-state index is 13.8. The van der Waals surface area contributed by atoms with Crippen LogP contribution >= 0.6 is 0 Å². The average Bonchev–Trinajstić information content (AvgIpc) is 2.90. The first-order valence-corrected chi connectivity index (χ1v) is 12.1. The molecule has 0 aliphatic carbocycles. The van der Waals surface area contributed by atoms with Crippen LogP contribution in [0.15, 0.2) is 109 Å². The van der Waals surface area contributed by atoms with Crippen LogP contribution in [0.1, 0.15) is 29.2 Å². The van der Waals surface area contributed by atoms with Crippen molar-refractivity contribution in [2.24, 2.45) is 0 Å². The van der Waals surface area contributed by atoms with Gasteiger partial charge in [0.1, 0.15) is 5.82 Å². The summed E-state index contributed by atoms with van der Waals surface area (Å²) in [5.74, 6) is -0.246. The highest BCUT2D eigenvalue weighted by Crippen LogP contribution is 2.36. The van der Waals surface area contributed by atoms with E-state index in [4.69, 9.17) is 4.98 Å². The zero-order chi connectivity index (χ0) is 24.2. The Labute approximate surface area is 207 Å². The van der Waals surface area contributed by atoms with E-state index in [0.29, 0.717) is 0 Å². The third kappa shape index (κ3) is 5.07. The minimum absolute atomic E-state index is 0.246. The molecule has 4 aromatic carbocycles. The van der Waals surface area contributed by atoms with Gasteiger partial charge < -0.3 is 0 Å². The fourth-order valence-corrected chi connectivity index (χ4v) is 4.43. The minimum atomic E-state index is -0.246. The van der Waals surface area contributed by atoms with Crippen molar-refractivity contribution in [1.82, 2.24) is 4.98 Å². The summed E-state index contributed by atoms with van der Waals surface area (Å²) in [4.78, 5) is 5.27. The van der Waals surface area contributed by atoms with Crippen LogP contribution in [0.2, 0.25) is 0 Å². The second-order valence-electron chi connectivity index (χ2n) is 8.98. The summed E-state index contributed by atoms with van der Waals surface area (Å²) in [5, 5.41) is 0. The predicted octanol–water partition coefficient (Wildman–Crippen LogP) is 8.68. The van der Waals surface area contributed by atoms with Crippen LogP contribution in [-0.2, 0) is 12.8 Å². The SMILES string of the molecule is CCc1ccc(-c2cc(Cc3ccccc3)c(-c3ccc(F)cc3)nc2-c2ccc(C)cc2)cc1. The van der Waals surface area contributed by atoms with Crippen molar-refractivity contribution in [3.63, 3.8) is 0 Å². The van der Waals surface area contributed by atoms with E-state index >= 15 is 0 Å². The number of nitrogens with zero attached hydrogens (tertiary/aromatic N) is 1. The fourth-order valence-electron chi connectivity index (χ4n) is 4.43. The summed E-state index contributed by atoms with van der Waals surface area (Å²) in [5.41, 5.74) is 10.9. The van der Waals surface area contributed by atoms with Crippen LogP contribution in [0.5, 0.6) is 0 Å². The number of hydrogen-bond acceptors (Lipinski definition) is 1. The smallest absolute Gasteiger partial charge is 0.123 e. The topological polar surface area (TPSA) is 12.9 Å². The van der Waals surface area contributed by atoms with Crippen LogP contribution < -0.4 is 0 Å². The molecule has 172 valence electrons. The third-order valence-corrected chi connectivity index (χ3v) is 6.45. The molecular formula is C33H28FN. The maximum Gasteiger partial charge on any atom is 0.123 e. The lowest BCUT2D eigenvalue weighted by Crippen LogP contribution is -2.00. The highest BCUT2D eigenvalue weighted by molar-refractivity contribution is 5.84. The van der Waals surface area contributed by atoms with Gasteiger partial charge in [0.15, 0.2) is 0 Å². The minimum Gasteiger partial charge on any atom is -0.247 e. The normalized spacial score (nSPS) is 10.9. The molecule has 0 aliphatic rings. The molecule has 0 saturated carbocycles. The summed E-state index contributed by atoms with van der Waals surface area (Å²) in [6.45, 7) is 4.26. The van der Waals surface area contributed by atoms with Crippen molar-refractivity contribution < 1.29 is 4.39 Å². The van der Waals surface area contributed by atoms with Gasteiger partial charge in [0.2, 0.25) is 0 Å². The molecule has 1 heterocycles. The summed E-state index contributed by atoms with van der Waals surface area (Å²) in [6.07, 6.45) is 1.75. The van der Waals surface area contributed by atoms with Gasteiger partial charge in [0.25, 0.3) is 0 Å². The Hall–Kier alpha value is -4.04. The first-order valence-electron chi connectivity index (χ1n) is 12.1. The van der Waals surface area contributed by atoms with Crippen molar-refractivity contribution >= 4 is 0 Å². The van der Waals surface area contributed by atoms with Gasteiger partial charge >= 0.3 is 0 Å². The maximum absolute atomic E-state index is 13.8. The van der Waals surface area contributed by atoms with Gasteiger partial charge in [-0.3, -0.25) is 0 Å². The van der Waals surface area contributed by atoms with Gasteiger partial charge in [-0.05, 0) is 72.4 Å². The van der Waals surface area contributed by atoms with E-state index in [2.05, 4.69) is 92.7 Å². The number of halogens is 1. The van der Waals surface area contributed by atoms with Crippen molar-refractivity contribution in [2.45, 2.75) is 26.7 Å². The predicted molar refractivity (Wildman–Crippen MR) is 144 cm³/mol. The molecule has 35 heavy (non-hydrogen) atoms. The molecule has 0 fully saturated rings. The molecular weight excluding hydrogens is 429 g/mol. The van der Waals surface area contributed by atoms with Gasteiger partial charge in [0, 0.05) is 16.7 Å². The largest absolute Gasteiger partial charge is 0.247 e. The Bertz CT molecular complexity index is 1420. The van der Waals surface area contributed by atoms with E-state index < -0.39 is 0 Å². The molecule has 0 bridgehead atoms. The molecule has 0 amide bonds. The first kappa shape index (κ1) is 22.7. The van der Waals surface area contributed by atoms with E-state index in [0.717, 1.165) is 52.0 Å². The average molecular weight is 458 g/mol. The van der Waals surface area contributed by atoms with Gasteiger partial charge in [-0.15, -0.1) is 0 Å². The standard InChI is InChI=1S/C33H28FN/c1-3-24-11-15-26(16-12-24)31-22-29(21-25-7-5-4-6-8-25)32(27-17-19-30(34)20-18-27)35-33(31)28-13-9-23(2)10-14-28/h4-20,22H,3,21H2,1-2H3. The van der Waals surface area contributed by atoms with Crippen LogP contribution in [0, 0.1) is 12.7 Å². The van der Waals surface area contributed by atoms with Gasteiger partial charge in [-0.2, -0.15) is 0 Å². The Morgan fingerprint density at radius 3 is 1.89 bits per heavy atom. The van der Waals surface area contributed by atoms with Crippen LogP contribution in [0.3, 0.4) is 0 Å². The molecule has 2 heteroatoms.